The number of nitrogens with zero attached hydrogens (tertiary/aromatic N) is 1. The van der Waals surface area contributed by atoms with E-state index in [-0.39, 0.29) is 17.1 Å². The quantitative estimate of drug-likeness (QED) is 0.686. The maximum Gasteiger partial charge on any atom is 2.00 e. The molecule has 0 amide bonds. The second-order valence-electron chi connectivity index (χ2n) is 3.98. The molecule has 94 valence electrons. The van der Waals surface area contributed by atoms with Gasteiger partial charge in [0.25, 0.3) is 0 Å². The third-order valence-electron chi connectivity index (χ3n) is 2.27. The molecule has 0 radical (unpaired) electrons. The summed E-state index contributed by atoms with van der Waals surface area (Å²) in [5.74, 6) is 0. The largest absolute Gasteiger partial charge is 2.00 e. The monoisotopic (exact) mass is 272 g/mol. The molecule has 0 heterocycles. The van der Waals surface area contributed by atoms with Crippen molar-refractivity contribution in [2.45, 2.75) is 13.1 Å². The molecule has 0 atom stereocenters. The summed E-state index contributed by atoms with van der Waals surface area (Å²) in [6.45, 7) is 1.63. The number of hydrogen-bond acceptors (Lipinski definition) is 2. The van der Waals surface area contributed by atoms with Crippen LogP contribution in [0.2, 0.25) is 0 Å². The van der Waals surface area contributed by atoms with E-state index in [0.717, 1.165) is 6.54 Å². The fourth-order valence-electron chi connectivity index (χ4n) is 1.51. The maximum absolute atomic E-state index is 5.55. The van der Waals surface area contributed by atoms with Crippen molar-refractivity contribution in [2.24, 2.45) is 5.73 Å². The van der Waals surface area contributed by atoms with Crippen LogP contribution in [-0.4, -0.2) is 19.0 Å². The predicted octanol–water partition coefficient (Wildman–Crippen LogP) is 2.33. The molecule has 0 spiro atoms. The summed E-state index contributed by atoms with van der Waals surface area (Å²) in [5, 5.41) is 0. The minimum absolute atomic E-state index is 0. The Kier molecular flexibility index (Phi) is 8.73. The normalized spacial score (nSPS) is 9.41. The maximum atomic E-state index is 5.55. The van der Waals surface area contributed by atoms with Gasteiger partial charge in [0.05, 0.1) is 0 Å². The van der Waals surface area contributed by atoms with Crippen LogP contribution in [0.3, 0.4) is 0 Å². The summed E-state index contributed by atoms with van der Waals surface area (Å²) in [4.78, 5) is 2.15. The van der Waals surface area contributed by atoms with Crippen molar-refractivity contribution >= 4 is 0 Å². The van der Waals surface area contributed by atoms with Gasteiger partial charge in [-0.25, -0.2) is 24.3 Å². The molecule has 2 nitrogen and oxygen atoms in total. The van der Waals surface area contributed by atoms with Crippen molar-refractivity contribution in [2.75, 3.05) is 14.1 Å². The minimum atomic E-state index is 0. The Morgan fingerprint density at radius 3 is 2.29 bits per heavy atom. The molecule has 0 aromatic heterocycles. The zero-order chi connectivity index (χ0) is 11.8. The Morgan fingerprint density at radius 2 is 1.88 bits per heavy atom. The third kappa shape index (κ3) is 6.44. The molecule has 0 unspecified atom stereocenters. The summed E-state index contributed by atoms with van der Waals surface area (Å²) in [7, 11) is 4.13. The van der Waals surface area contributed by atoms with Gasteiger partial charge in [-0.1, -0.05) is 0 Å². The van der Waals surface area contributed by atoms with Crippen LogP contribution in [0.15, 0.2) is 48.5 Å². The number of nitrogens with two attached hydrogens (primary N) is 1. The second kappa shape index (κ2) is 9.20. The first kappa shape index (κ1) is 16.1. The fraction of sp³-hybridized carbons (Fsp3) is 0.286. The Labute approximate surface area is 115 Å². The van der Waals surface area contributed by atoms with E-state index in [4.69, 9.17) is 5.73 Å². The molecular formula is C14H20FeN2. The van der Waals surface area contributed by atoms with E-state index in [1.807, 2.05) is 30.3 Å². The van der Waals surface area contributed by atoms with E-state index in [2.05, 4.69) is 37.2 Å². The van der Waals surface area contributed by atoms with Crippen molar-refractivity contribution in [1.82, 2.24) is 4.90 Å². The number of hydrogen-bond donors (Lipinski definition) is 1. The Balaban J connectivity index is 0.000000360. The van der Waals surface area contributed by atoms with Gasteiger partial charge in [0.1, 0.15) is 0 Å². The topological polar surface area (TPSA) is 29.3 Å². The molecule has 0 bridgehead atoms. The smallest absolute Gasteiger partial charge is 0.328 e. The van der Waals surface area contributed by atoms with Crippen molar-refractivity contribution in [3.8, 4) is 0 Å². The zero-order valence-electron chi connectivity index (χ0n) is 10.4. The van der Waals surface area contributed by atoms with Crippen molar-refractivity contribution in [1.29, 1.82) is 0 Å². The van der Waals surface area contributed by atoms with E-state index in [9.17, 15) is 0 Å². The van der Waals surface area contributed by atoms with E-state index >= 15 is 0 Å². The molecule has 0 aliphatic rings. The molecule has 0 saturated heterocycles. The van der Waals surface area contributed by atoms with Crippen LogP contribution in [-0.2, 0) is 30.2 Å². The van der Waals surface area contributed by atoms with Crippen LogP contribution in [0.25, 0.3) is 0 Å². The van der Waals surface area contributed by atoms with Crippen LogP contribution in [0, 0.1) is 0 Å². The van der Waals surface area contributed by atoms with Crippen molar-refractivity contribution in [3.63, 3.8) is 0 Å². The Hall–Kier alpha value is -0.861. The van der Waals surface area contributed by atoms with Gasteiger partial charge in [0.15, 0.2) is 0 Å². The third-order valence-corrected chi connectivity index (χ3v) is 2.27. The Bertz CT molecular complexity index is 346. The SMILES string of the molecule is CN(C)C[c-]1cccc1CN.[Fe+2].c1cc[cH-]c1. The minimum Gasteiger partial charge on any atom is -0.328 e. The molecule has 2 N–H and O–H groups in total. The summed E-state index contributed by atoms with van der Waals surface area (Å²) in [5.41, 5.74) is 8.16. The predicted molar refractivity (Wildman–Crippen MR) is 69.4 cm³/mol. The van der Waals surface area contributed by atoms with Gasteiger partial charge in [0.2, 0.25) is 0 Å². The molecule has 3 heteroatoms. The number of rotatable bonds is 3. The first-order chi connectivity index (χ1) is 7.74. The van der Waals surface area contributed by atoms with Crippen molar-refractivity contribution in [3.05, 3.63) is 59.7 Å². The van der Waals surface area contributed by atoms with E-state index in [1.165, 1.54) is 11.1 Å². The van der Waals surface area contributed by atoms with Crippen LogP contribution in [0.1, 0.15) is 11.1 Å². The van der Waals surface area contributed by atoms with E-state index < -0.39 is 0 Å². The fourth-order valence-corrected chi connectivity index (χ4v) is 1.51. The van der Waals surface area contributed by atoms with Gasteiger partial charge in [-0.3, -0.25) is 0 Å². The standard InChI is InChI=1S/C9H15N2.C5H5.Fe/c1-11(2)7-9-5-3-4-8(9)6-10;1-2-4-5-3-1;/h3-5H,6-7,10H2,1-2H3;1-5H;/q2*-1;+2. The molecule has 2 rings (SSSR count). The first-order valence-electron chi connectivity index (χ1n) is 5.49. The molecule has 2 aromatic carbocycles. The molecule has 17 heavy (non-hydrogen) atoms. The van der Waals surface area contributed by atoms with Crippen LogP contribution < -0.4 is 5.73 Å². The molecule has 0 aliphatic heterocycles. The zero-order valence-corrected chi connectivity index (χ0v) is 11.5. The van der Waals surface area contributed by atoms with Gasteiger partial charge < -0.3 is 10.6 Å². The molecular weight excluding hydrogens is 252 g/mol. The van der Waals surface area contributed by atoms with Gasteiger partial charge in [-0.05, 0) is 27.2 Å². The summed E-state index contributed by atoms with van der Waals surface area (Å²) < 4.78 is 0. The average molecular weight is 272 g/mol. The van der Waals surface area contributed by atoms with Gasteiger partial charge in [0, 0.05) is 0 Å². The molecule has 0 fully saturated rings. The summed E-state index contributed by atoms with van der Waals surface area (Å²) >= 11 is 0. The van der Waals surface area contributed by atoms with Gasteiger partial charge in [-0.15, -0.1) is 5.56 Å². The summed E-state index contributed by atoms with van der Waals surface area (Å²) in [6.07, 6.45) is 0. The summed E-state index contributed by atoms with van der Waals surface area (Å²) in [6, 6.07) is 16.3. The van der Waals surface area contributed by atoms with Crippen LogP contribution in [0.5, 0.6) is 0 Å². The Morgan fingerprint density at radius 1 is 1.24 bits per heavy atom. The van der Waals surface area contributed by atoms with Crippen LogP contribution >= 0.6 is 0 Å². The van der Waals surface area contributed by atoms with Crippen molar-refractivity contribution < 1.29 is 17.1 Å². The molecule has 0 aliphatic carbocycles. The van der Waals surface area contributed by atoms with E-state index in [0.29, 0.717) is 6.54 Å². The molecule has 2 aromatic rings. The second-order valence-corrected chi connectivity index (χ2v) is 3.98. The van der Waals surface area contributed by atoms with Crippen LogP contribution in [0.4, 0.5) is 0 Å². The van der Waals surface area contributed by atoms with E-state index in [1.54, 1.807) is 0 Å². The average Bonchev–Trinajstić information content (AvgIpc) is 2.89. The molecule has 0 saturated carbocycles. The first-order valence-corrected chi connectivity index (χ1v) is 5.49. The van der Waals surface area contributed by atoms with Gasteiger partial charge >= 0.3 is 17.1 Å². The van der Waals surface area contributed by atoms with Gasteiger partial charge in [-0.2, -0.15) is 29.8 Å².